The normalized spacial score (nSPS) is 13.4. The van der Waals surface area contributed by atoms with Gasteiger partial charge in [-0.05, 0) is 113 Å². The summed E-state index contributed by atoms with van der Waals surface area (Å²) in [7, 11) is 1.12. The average Bonchev–Trinajstić information content (AvgIpc) is 4.10. The molecule has 310 valence electrons. The number of unbranched alkanes of at least 4 members (excludes halogenated alkanes) is 3. The van der Waals surface area contributed by atoms with Crippen LogP contribution in [0.2, 0.25) is 6.32 Å². The van der Waals surface area contributed by atoms with Crippen LogP contribution in [0.1, 0.15) is 118 Å². The summed E-state index contributed by atoms with van der Waals surface area (Å²) in [6.07, 6.45) is 20.5. The van der Waals surface area contributed by atoms with Crippen LogP contribution in [0.15, 0.2) is 146 Å². The van der Waals surface area contributed by atoms with Gasteiger partial charge in [-0.1, -0.05) is 174 Å². The maximum absolute atomic E-state index is 13.1. The van der Waals surface area contributed by atoms with Crippen molar-refractivity contribution in [3.05, 3.63) is 169 Å². The lowest BCUT2D eigenvalue weighted by Gasteiger charge is -2.12. The fourth-order valence-corrected chi connectivity index (χ4v) is 7.72. The number of benzene rings is 5. The molecule has 1 aliphatic carbocycles. The molecular weight excluding hydrogens is 731 g/mol. The van der Waals surface area contributed by atoms with Crippen LogP contribution in [0.4, 0.5) is 0 Å². The van der Waals surface area contributed by atoms with Crippen molar-refractivity contribution in [2.24, 2.45) is 11.8 Å². The highest BCUT2D eigenvalue weighted by Crippen LogP contribution is 2.32. The summed E-state index contributed by atoms with van der Waals surface area (Å²) < 4.78 is 12.2. The molecule has 5 aromatic carbocycles. The first-order valence-electron chi connectivity index (χ1n) is 22.5. The van der Waals surface area contributed by atoms with Crippen molar-refractivity contribution in [2.75, 3.05) is 6.61 Å². The van der Waals surface area contributed by atoms with E-state index in [-0.39, 0.29) is 5.78 Å². The van der Waals surface area contributed by atoms with E-state index in [0.29, 0.717) is 25.2 Å². The number of hydrogen-bond acceptors (Lipinski definition) is 3. The highest BCUT2D eigenvalue weighted by Gasteiger charge is 2.21. The molecule has 3 nitrogen and oxygen atoms in total. The summed E-state index contributed by atoms with van der Waals surface area (Å²) in [6, 6.07) is 33.7. The minimum Gasteiger partial charge on any atom is -0.494 e. The first kappa shape index (κ1) is 44.2. The van der Waals surface area contributed by atoms with E-state index >= 15 is 0 Å². The van der Waals surface area contributed by atoms with Gasteiger partial charge in [0, 0.05) is 24.0 Å². The zero-order valence-electron chi connectivity index (χ0n) is 36.6. The van der Waals surface area contributed by atoms with E-state index < -0.39 is 0 Å². The fraction of sp³-hybridized carbons (Fsp3) is 0.339. The molecule has 0 heterocycles. The molecule has 1 saturated carbocycles. The molecule has 0 spiro atoms. The number of hydrogen-bond donors (Lipinski definition) is 0. The first-order chi connectivity index (χ1) is 29.2. The third-order valence-corrected chi connectivity index (χ3v) is 12.2. The standard InChI is InChI=1S/C56H65BO3/c1-7-40(3)17-18-44(8-2)16-13-15-42(5)60-55-32-29-52-37-49(24-26-53(52)38-55)43(6)59-33-12-10-9-11-14-41(4)48-23-25-50-34-46(21-22-51(50)36-48)35-56(58)47-27-30-54(31-28-47)57-39-45-19-20-45/h8,13,16,21-32,34,36-38,40,45,57H,4-7,9-12,14-15,17-20,33,35,39H2,1-3H3/b16-13-,44-8+. The van der Waals surface area contributed by atoms with Gasteiger partial charge in [0.25, 0.3) is 0 Å². The predicted octanol–water partition coefficient (Wildman–Crippen LogP) is 14.6. The molecule has 1 fully saturated rings. The zero-order valence-corrected chi connectivity index (χ0v) is 36.6. The smallest absolute Gasteiger partial charge is 0.167 e. The van der Waals surface area contributed by atoms with Crippen LogP contribution in [0.25, 0.3) is 32.9 Å². The van der Waals surface area contributed by atoms with Crippen LogP contribution in [-0.4, -0.2) is 19.7 Å². The Morgan fingerprint density at radius 2 is 1.45 bits per heavy atom. The Balaban J connectivity index is 0.867. The van der Waals surface area contributed by atoms with Crippen LogP contribution in [0, 0.1) is 11.8 Å². The zero-order chi connectivity index (χ0) is 42.3. The molecular formula is C56H65BO3. The Morgan fingerprint density at radius 1 is 0.783 bits per heavy atom. The average molecular weight is 797 g/mol. The number of rotatable bonds is 25. The first-order valence-corrected chi connectivity index (χ1v) is 22.5. The molecule has 5 aromatic rings. The Hall–Kier alpha value is -5.35. The second-order valence-electron chi connectivity index (χ2n) is 17.1. The van der Waals surface area contributed by atoms with Gasteiger partial charge in [-0.3, -0.25) is 4.79 Å². The van der Waals surface area contributed by atoms with Gasteiger partial charge in [-0.25, -0.2) is 0 Å². The van der Waals surface area contributed by atoms with Crippen molar-refractivity contribution < 1.29 is 14.3 Å². The Labute approximate surface area is 361 Å². The van der Waals surface area contributed by atoms with Gasteiger partial charge in [-0.2, -0.15) is 0 Å². The van der Waals surface area contributed by atoms with Gasteiger partial charge in [0.15, 0.2) is 13.1 Å². The SMILES string of the molecule is C=C(C/C=C\C(=C/C)CCC(C)CC)Oc1ccc2cc(C(=C)OCCCCCCC(=C)c3ccc4cc(CC(=O)c5ccc(BCC6CC6)cc5)ccc4c3)ccc2c1. The van der Waals surface area contributed by atoms with Crippen molar-refractivity contribution in [1.29, 1.82) is 0 Å². The molecule has 1 atom stereocenters. The Kier molecular flexibility index (Phi) is 16.4. The van der Waals surface area contributed by atoms with Crippen LogP contribution < -0.4 is 10.2 Å². The van der Waals surface area contributed by atoms with Crippen molar-refractivity contribution in [3.63, 3.8) is 0 Å². The Bertz CT molecular complexity index is 2320. The van der Waals surface area contributed by atoms with Crippen molar-refractivity contribution in [3.8, 4) is 5.75 Å². The van der Waals surface area contributed by atoms with Crippen LogP contribution in [-0.2, 0) is 11.2 Å². The summed E-state index contributed by atoms with van der Waals surface area (Å²) in [5.41, 5.74) is 7.90. The lowest BCUT2D eigenvalue weighted by Crippen LogP contribution is -2.15. The molecule has 0 aliphatic heterocycles. The monoisotopic (exact) mass is 797 g/mol. The van der Waals surface area contributed by atoms with E-state index in [1.54, 1.807) is 0 Å². The number of carbonyl (C=O) groups is 1. The van der Waals surface area contributed by atoms with E-state index in [9.17, 15) is 4.79 Å². The second kappa shape index (κ2) is 22.3. The molecule has 1 aliphatic rings. The minimum absolute atomic E-state index is 0.170. The van der Waals surface area contributed by atoms with Crippen LogP contribution in [0.3, 0.4) is 0 Å². The third-order valence-electron chi connectivity index (χ3n) is 12.2. The molecule has 0 amide bonds. The third kappa shape index (κ3) is 13.6. The molecule has 0 saturated heterocycles. The number of ether oxygens (including phenoxy) is 2. The highest BCUT2D eigenvalue weighted by molar-refractivity contribution is 6.53. The number of carbonyl (C=O) groups excluding carboxylic acids is 1. The molecule has 6 rings (SSSR count). The number of allylic oxidation sites excluding steroid dienone is 5. The van der Waals surface area contributed by atoms with Gasteiger partial charge in [0.1, 0.15) is 17.3 Å². The molecule has 60 heavy (non-hydrogen) atoms. The topological polar surface area (TPSA) is 35.5 Å². The fourth-order valence-electron chi connectivity index (χ4n) is 7.72. The summed E-state index contributed by atoms with van der Waals surface area (Å²) >= 11 is 0. The maximum atomic E-state index is 13.1. The minimum atomic E-state index is 0.170. The Morgan fingerprint density at radius 3 is 2.20 bits per heavy atom. The molecule has 1 unspecified atom stereocenters. The lowest BCUT2D eigenvalue weighted by atomic mass is 9.66. The summed E-state index contributed by atoms with van der Waals surface area (Å²) in [4.78, 5) is 13.1. The number of fused-ring (bicyclic) bond motifs is 2. The quantitative estimate of drug-likeness (QED) is 0.0194. The van der Waals surface area contributed by atoms with Crippen molar-refractivity contribution >= 4 is 51.4 Å². The summed E-state index contributed by atoms with van der Waals surface area (Å²) in [6.45, 7) is 20.1. The molecule has 4 heteroatoms. The maximum Gasteiger partial charge on any atom is 0.167 e. The largest absolute Gasteiger partial charge is 0.494 e. The highest BCUT2D eigenvalue weighted by atomic mass is 16.5. The van der Waals surface area contributed by atoms with E-state index in [1.165, 1.54) is 59.6 Å². The van der Waals surface area contributed by atoms with Gasteiger partial charge in [0.2, 0.25) is 0 Å². The van der Waals surface area contributed by atoms with E-state index in [2.05, 4.69) is 138 Å². The summed E-state index contributed by atoms with van der Waals surface area (Å²) in [5, 5.41) is 4.56. The second-order valence-corrected chi connectivity index (χ2v) is 17.1. The molecule has 0 bridgehead atoms. The van der Waals surface area contributed by atoms with E-state index in [1.807, 2.05) is 18.2 Å². The summed E-state index contributed by atoms with van der Waals surface area (Å²) in [5.74, 6) is 4.08. The van der Waals surface area contributed by atoms with Gasteiger partial charge in [-0.15, -0.1) is 0 Å². The number of Topliss-reactive ketones (excluding diaryl/α,β-unsaturated/α-hetero) is 1. The molecule has 0 aromatic heterocycles. The van der Waals surface area contributed by atoms with Gasteiger partial charge >= 0.3 is 0 Å². The van der Waals surface area contributed by atoms with E-state index in [0.717, 1.165) is 102 Å². The predicted molar refractivity (Wildman–Crippen MR) is 260 cm³/mol. The van der Waals surface area contributed by atoms with Crippen LogP contribution in [0.5, 0.6) is 5.75 Å². The molecule has 0 N–H and O–H groups in total. The molecule has 0 radical (unpaired) electrons. The number of ketones is 1. The van der Waals surface area contributed by atoms with Crippen molar-refractivity contribution in [1.82, 2.24) is 0 Å². The lowest BCUT2D eigenvalue weighted by molar-refractivity contribution is 0.0993. The van der Waals surface area contributed by atoms with E-state index in [4.69, 9.17) is 9.47 Å². The van der Waals surface area contributed by atoms with Gasteiger partial charge < -0.3 is 9.47 Å². The van der Waals surface area contributed by atoms with Crippen LogP contribution >= 0.6 is 0 Å². The van der Waals surface area contributed by atoms with Gasteiger partial charge in [0.05, 0.1) is 6.61 Å². The van der Waals surface area contributed by atoms with Crippen molar-refractivity contribution in [2.45, 2.75) is 104 Å².